The molecule has 0 spiro atoms. The van der Waals surface area contributed by atoms with Gasteiger partial charge in [-0.25, -0.2) is 0 Å². The van der Waals surface area contributed by atoms with E-state index < -0.39 is 11.7 Å². The van der Waals surface area contributed by atoms with E-state index in [1.54, 1.807) is 0 Å². The van der Waals surface area contributed by atoms with Gasteiger partial charge in [0.1, 0.15) is 0 Å². The monoisotopic (exact) mass is 493 g/mol. The highest BCUT2D eigenvalue weighted by Crippen LogP contribution is 2.31. The van der Waals surface area contributed by atoms with Gasteiger partial charge in [0.2, 0.25) is 0 Å². The molecule has 3 aromatic carbocycles. The van der Waals surface area contributed by atoms with E-state index in [1.165, 1.54) is 12.1 Å². The van der Waals surface area contributed by atoms with Gasteiger partial charge in [0.05, 0.1) is 17.1 Å². The molecule has 0 saturated carbocycles. The summed E-state index contributed by atoms with van der Waals surface area (Å²) in [6.07, 6.45) is -3.99. The second kappa shape index (κ2) is 10.2. The number of nitrogens with one attached hydrogen (secondary N) is 1. The van der Waals surface area contributed by atoms with E-state index >= 15 is 0 Å². The van der Waals surface area contributed by atoms with E-state index in [1.807, 2.05) is 61.0 Å². The van der Waals surface area contributed by atoms with Crippen LogP contribution in [0.2, 0.25) is 0 Å². The quantitative estimate of drug-likeness (QED) is 0.298. The molecule has 0 aliphatic carbocycles. The number of carbonyl (C=O) groups is 1. The second-order valence-electron chi connectivity index (χ2n) is 9.71. The molecule has 188 valence electrons. The maximum absolute atomic E-state index is 13.5. The summed E-state index contributed by atoms with van der Waals surface area (Å²) in [6, 6.07) is 18.7. The highest BCUT2D eigenvalue weighted by Gasteiger charge is 2.30. The average molecular weight is 494 g/mol. The molecule has 1 atom stereocenters. The first kappa shape index (κ1) is 25.5. The van der Waals surface area contributed by atoms with E-state index in [0.29, 0.717) is 24.6 Å². The second-order valence-corrected chi connectivity index (χ2v) is 9.71. The molecule has 0 fully saturated rings. The lowest BCUT2D eigenvalue weighted by atomic mass is 9.98. The minimum absolute atomic E-state index is 0.217. The lowest BCUT2D eigenvalue weighted by molar-refractivity contribution is -0.137. The van der Waals surface area contributed by atoms with Crippen molar-refractivity contribution in [2.45, 2.75) is 52.9 Å². The number of aromatic nitrogens is 2. The third kappa shape index (κ3) is 5.61. The summed E-state index contributed by atoms with van der Waals surface area (Å²) in [5.74, 6) is 0.0320. The summed E-state index contributed by atoms with van der Waals surface area (Å²) in [7, 11) is 0. The Morgan fingerprint density at radius 2 is 1.64 bits per heavy atom. The van der Waals surface area contributed by atoms with Gasteiger partial charge in [-0.15, -0.1) is 0 Å². The first-order valence-corrected chi connectivity index (χ1v) is 12.0. The van der Waals surface area contributed by atoms with Crippen molar-refractivity contribution in [1.82, 2.24) is 15.1 Å². The van der Waals surface area contributed by atoms with Gasteiger partial charge in [-0.2, -0.15) is 18.3 Å². The van der Waals surface area contributed by atoms with Crippen LogP contribution in [-0.2, 0) is 19.1 Å². The lowest BCUT2D eigenvalue weighted by Gasteiger charge is -2.14. The molecule has 7 heteroatoms. The van der Waals surface area contributed by atoms with Crippen LogP contribution in [0, 0.1) is 12.8 Å². The third-order valence-corrected chi connectivity index (χ3v) is 6.22. The summed E-state index contributed by atoms with van der Waals surface area (Å²) in [6.45, 7) is 8.75. The summed E-state index contributed by atoms with van der Waals surface area (Å²) >= 11 is 0. The van der Waals surface area contributed by atoms with Gasteiger partial charge in [-0.3, -0.25) is 9.48 Å². The Morgan fingerprint density at radius 3 is 2.25 bits per heavy atom. The fraction of sp³-hybridized carbons (Fsp3) is 0.310. The fourth-order valence-corrected chi connectivity index (χ4v) is 4.33. The lowest BCUT2D eigenvalue weighted by Crippen LogP contribution is -2.27. The van der Waals surface area contributed by atoms with Crippen molar-refractivity contribution in [3.63, 3.8) is 0 Å². The summed E-state index contributed by atoms with van der Waals surface area (Å²) in [5, 5.41) is 8.49. The third-order valence-electron chi connectivity index (χ3n) is 6.22. The topological polar surface area (TPSA) is 46.9 Å². The van der Waals surface area contributed by atoms with E-state index in [2.05, 4.69) is 19.2 Å². The van der Waals surface area contributed by atoms with Crippen molar-refractivity contribution in [2.24, 2.45) is 5.92 Å². The van der Waals surface area contributed by atoms with E-state index in [0.717, 1.165) is 45.3 Å². The maximum Gasteiger partial charge on any atom is 0.416 e. The Hall–Kier alpha value is -3.61. The number of hydrogen-bond donors (Lipinski definition) is 1. The van der Waals surface area contributed by atoms with Crippen LogP contribution in [0.15, 0.2) is 66.7 Å². The van der Waals surface area contributed by atoms with Crippen LogP contribution >= 0.6 is 0 Å². The highest BCUT2D eigenvalue weighted by molar-refractivity contribution is 6.06. The minimum Gasteiger partial charge on any atom is -0.344 e. The van der Waals surface area contributed by atoms with E-state index in [-0.39, 0.29) is 11.9 Å². The molecule has 4 nitrogen and oxygen atoms in total. The predicted octanol–water partition coefficient (Wildman–Crippen LogP) is 7.10. The van der Waals surface area contributed by atoms with Gasteiger partial charge < -0.3 is 5.32 Å². The molecule has 1 N–H and O–H groups in total. The molecule has 0 radical (unpaired) electrons. The standard InChI is InChI=1S/C29H30F3N3O/c1-18(2)17-35-25-7-5-6-23(16-21-10-14-24(15-11-21)29(30,31)32)26(25)27(34-35)28(36)33-20(4)22-12-8-19(3)9-13-22/h5-15,18,20H,16-17H2,1-4H3,(H,33,36)/t20-/m0/s1. The van der Waals surface area contributed by atoms with Gasteiger partial charge in [-0.1, -0.05) is 67.9 Å². The van der Waals surface area contributed by atoms with Crippen molar-refractivity contribution < 1.29 is 18.0 Å². The minimum atomic E-state index is -4.38. The summed E-state index contributed by atoms with van der Waals surface area (Å²) in [5.41, 5.74) is 4.18. The number of fused-ring (bicyclic) bond motifs is 1. The molecule has 0 aliphatic heterocycles. The van der Waals surface area contributed by atoms with E-state index in [9.17, 15) is 18.0 Å². The van der Waals surface area contributed by atoms with Crippen LogP contribution in [-0.4, -0.2) is 15.7 Å². The van der Waals surface area contributed by atoms with Crippen LogP contribution in [0.5, 0.6) is 0 Å². The molecule has 36 heavy (non-hydrogen) atoms. The van der Waals surface area contributed by atoms with Gasteiger partial charge in [0.25, 0.3) is 5.91 Å². The van der Waals surface area contributed by atoms with E-state index in [4.69, 9.17) is 5.10 Å². The first-order valence-electron chi connectivity index (χ1n) is 12.0. The van der Waals surface area contributed by atoms with Crippen LogP contribution in [0.4, 0.5) is 13.2 Å². The molecule has 0 bridgehead atoms. The van der Waals surface area contributed by atoms with Crippen molar-refractivity contribution in [3.8, 4) is 0 Å². The number of carbonyl (C=O) groups excluding carboxylic acids is 1. The predicted molar refractivity (Wildman–Crippen MR) is 136 cm³/mol. The Bertz CT molecular complexity index is 1350. The normalized spacial score (nSPS) is 12.8. The molecular formula is C29H30F3N3O. The molecule has 0 saturated heterocycles. The number of rotatable bonds is 7. The van der Waals surface area contributed by atoms with Gasteiger partial charge in [-0.05, 0) is 61.1 Å². The first-order chi connectivity index (χ1) is 17.0. The van der Waals surface area contributed by atoms with Crippen LogP contribution in [0.3, 0.4) is 0 Å². The Balaban J connectivity index is 1.71. The molecule has 0 unspecified atom stereocenters. The maximum atomic E-state index is 13.5. The van der Waals surface area contributed by atoms with Crippen LogP contribution in [0.1, 0.15) is 65.1 Å². The average Bonchev–Trinajstić information content (AvgIpc) is 3.18. The molecule has 0 aliphatic rings. The number of aryl methyl sites for hydroxylation is 1. The number of benzene rings is 3. The number of amides is 1. The van der Waals surface area contributed by atoms with Crippen molar-refractivity contribution in [2.75, 3.05) is 0 Å². The molecule has 1 amide bonds. The number of hydrogen-bond acceptors (Lipinski definition) is 2. The highest BCUT2D eigenvalue weighted by atomic mass is 19.4. The Labute approximate surface area is 209 Å². The molecule has 1 heterocycles. The van der Waals surface area contributed by atoms with Crippen LogP contribution < -0.4 is 5.32 Å². The smallest absolute Gasteiger partial charge is 0.344 e. The van der Waals surface area contributed by atoms with Gasteiger partial charge in [0, 0.05) is 11.9 Å². The molecule has 4 aromatic rings. The summed E-state index contributed by atoms with van der Waals surface area (Å²) in [4.78, 5) is 13.5. The molecule has 4 rings (SSSR count). The van der Waals surface area contributed by atoms with Crippen molar-refractivity contribution in [3.05, 3.63) is 100 Å². The van der Waals surface area contributed by atoms with Crippen molar-refractivity contribution in [1.29, 1.82) is 0 Å². The van der Waals surface area contributed by atoms with Crippen LogP contribution in [0.25, 0.3) is 10.9 Å². The van der Waals surface area contributed by atoms with Gasteiger partial charge in [0.15, 0.2) is 5.69 Å². The Kier molecular flexibility index (Phi) is 7.20. The van der Waals surface area contributed by atoms with Gasteiger partial charge >= 0.3 is 6.18 Å². The summed E-state index contributed by atoms with van der Waals surface area (Å²) < 4.78 is 40.8. The molecule has 1 aromatic heterocycles. The Morgan fingerprint density at radius 1 is 0.972 bits per heavy atom. The number of halogens is 3. The zero-order valence-electron chi connectivity index (χ0n) is 20.9. The zero-order chi connectivity index (χ0) is 26.0. The van der Waals surface area contributed by atoms with Crippen molar-refractivity contribution >= 4 is 16.8 Å². The SMILES string of the molecule is Cc1ccc([C@H](C)NC(=O)c2nn(CC(C)C)c3cccc(Cc4ccc(C(F)(F)F)cc4)c23)cc1. The fourth-order valence-electron chi connectivity index (χ4n) is 4.33. The number of nitrogens with zero attached hydrogens (tertiary/aromatic N) is 2. The zero-order valence-corrected chi connectivity index (χ0v) is 20.9. The largest absolute Gasteiger partial charge is 0.416 e. The number of alkyl halides is 3. The molecular weight excluding hydrogens is 463 g/mol.